The molecule has 0 aliphatic carbocycles. The molecule has 7 nitrogen and oxygen atoms in total. The lowest BCUT2D eigenvalue weighted by atomic mass is 10.1. The van der Waals surface area contributed by atoms with E-state index in [0.717, 1.165) is 0 Å². The van der Waals surface area contributed by atoms with Gasteiger partial charge < -0.3 is 10.6 Å². The molecule has 0 bridgehead atoms. The molecule has 1 aliphatic rings. The number of benzene rings is 2. The number of halogens is 1. The Balaban J connectivity index is 1.87. The normalized spacial score (nSPS) is 15.7. The molecule has 1 saturated heterocycles. The summed E-state index contributed by atoms with van der Waals surface area (Å²) in [4.78, 5) is 27.5. The molecule has 2 aromatic carbocycles. The van der Waals surface area contributed by atoms with Crippen molar-refractivity contribution in [1.29, 1.82) is 0 Å². The minimum Gasteiger partial charge on any atom is -0.324 e. The lowest BCUT2D eigenvalue weighted by Gasteiger charge is -2.33. The molecule has 0 saturated carbocycles. The first-order chi connectivity index (χ1) is 13.8. The molecule has 0 spiro atoms. The van der Waals surface area contributed by atoms with Crippen LogP contribution in [0.3, 0.4) is 0 Å². The van der Waals surface area contributed by atoms with E-state index in [9.17, 15) is 22.4 Å². The van der Waals surface area contributed by atoms with Crippen LogP contribution < -0.4 is 10.6 Å². The van der Waals surface area contributed by atoms with Crippen LogP contribution in [0.25, 0.3) is 0 Å². The number of amides is 2. The van der Waals surface area contributed by atoms with E-state index in [1.807, 2.05) is 0 Å². The lowest BCUT2D eigenvalue weighted by Crippen LogP contribution is -2.50. The molecular formula is C20H22FN3O4S. The molecule has 29 heavy (non-hydrogen) atoms. The number of hydrogen-bond acceptors (Lipinski definition) is 5. The van der Waals surface area contributed by atoms with Gasteiger partial charge in [-0.1, -0.05) is 36.4 Å². The summed E-state index contributed by atoms with van der Waals surface area (Å²) in [7, 11) is -3.15. The maximum absolute atomic E-state index is 14.4. The molecule has 2 aromatic rings. The van der Waals surface area contributed by atoms with Crippen LogP contribution in [-0.4, -0.2) is 56.3 Å². The van der Waals surface area contributed by atoms with Crippen molar-refractivity contribution < 1.29 is 22.4 Å². The van der Waals surface area contributed by atoms with Crippen molar-refractivity contribution in [3.8, 4) is 0 Å². The number of anilines is 1. The van der Waals surface area contributed by atoms with Crippen molar-refractivity contribution in [2.75, 3.05) is 36.0 Å². The van der Waals surface area contributed by atoms with E-state index in [1.54, 1.807) is 30.3 Å². The molecular weight excluding hydrogens is 397 g/mol. The Morgan fingerprint density at radius 2 is 1.66 bits per heavy atom. The molecule has 0 unspecified atom stereocenters. The second-order valence-electron chi connectivity index (χ2n) is 6.78. The lowest BCUT2D eigenvalue weighted by molar-refractivity contribution is 0.100. The number of carbonyl (C=O) groups excluding carboxylic acids is 2. The third kappa shape index (κ3) is 4.99. The molecule has 1 heterocycles. The fourth-order valence-corrected chi connectivity index (χ4v) is 4.30. The van der Waals surface area contributed by atoms with Gasteiger partial charge in [-0.2, -0.15) is 0 Å². The predicted molar refractivity (Wildman–Crippen MR) is 108 cm³/mol. The summed E-state index contributed by atoms with van der Waals surface area (Å²) < 4.78 is 37.8. The van der Waals surface area contributed by atoms with Crippen LogP contribution >= 0.6 is 0 Å². The van der Waals surface area contributed by atoms with Gasteiger partial charge in [-0.15, -0.1) is 0 Å². The van der Waals surface area contributed by atoms with Crippen LogP contribution in [0, 0.1) is 5.82 Å². The number of nitrogens with two attached hydrogens (primary N) is 1. The van der Waals surface area contributed by atoms with E-state index in [-0.39, 0.29) is 49.2 Å². The smallest absolute Gasteiger partial charge is 0.324 e. The topological polar surface area (TPSA) is 101 Å². The van der Waals surface area contributed by atoms with E-state index >= 15 is 0 Å². The van der Waals surface area contributed by atoms with E-state index in [1.165, 1.54) is 28.0 Å². The highest BCUT2D eigenvalue weighted by atomic mass is 32.2. The zero-order chi connectivity index (χ0) is 21.0. The van der Waals surface area contributed by atoms with Crippen molar-refractivity contribution in [3.63, 3.8) is 0 Å². The molecule has 2 amide bonds. The minimum atomic E-state index is -3.15. The predicted octanol–water partition coefficient (Wildman–Crippen LogP) is 1.82. The van der Waals surface area contributed by atoms with Crippen LogP contribution in [0.2, 0.25) is 0 Å². The van der Waals surface area contributed by atoms with Crippen molar-refractivity contribution in [1.82, 2.24) is 4.90 Å². The number of hydrogen-bond donors (Lipinski definition) is 1. The van der Waals surface area contributed by atoms with E-state index in [4.69, 9.17) is 5.73 Å². The van der Waals surface area contributed by atoms with E-state index in [0.29, 0.717) is 11.1 Å². The average molecular weight is 419 g/mol. The average Bonchev–Trinajstić information content (AvgIpc) is 2.72. The first-order valence-electron chi connectivity index (χ1n) is 9.14. The largest absolute Gasteiger partial charge is 0.324 e. The highest BCUT2D eigenvalue weighted by Gasteiger charge is 2.30. The summed E-state index contributed by atoms with van der Waals surface area (Å²) in [5.74, 6) is -0.979. The van der Waals surface area contributed by atoms with Crippen LogP contribution in [0.1, 0.15) is 15.9 Å². The second-order valence-corrected chi connectivity index (χ2v) is 9.09. The van der Waals surface area contributed by atoms with Crippen molar-refractivity contribution in [3.05, 3.63) is 65.5 Å². The molecule has 0 aromatic heterocycles. The number of Topliss-reactive ketones (excluding diaryl/α,β-unsaturated/α-hetero) is 1. The highest BCUT2D eigenvalue weighted by molar-refractivity contribution is 7.91. The van der Waals surface area contributed by atoms with Crippen LogP contribution in [0.5, 0.6) is 0 Å². The summed E-state index contributed by atoms with van der Waals surface area (Å²) in [6.45, 7) is 0.100. The van der Waals surface area contributed by atoms with Crippen LogP contribution in [-0.2, 0) is 16.4 Å². The molecule has 1 fully saturated rings. The van der Waals surface area contributed by atoms with Gasteiger partial charge in [0.1, 0.15) is 5.82 Å². The SMILES string of the molecule is NCC(=O)c1ccc(CN(C(=O)N2CCS(=O)(=O)CC2)c2ccccc2F)cc1. The third-order valence-electron chi connectivity index (χ3n) is 4.79. The van der Waals surface area contributed by atoms with Gasteiger partial charge in [0.05, 0.1) is 30.3 Å². The van der Waals surface area contributed by atoms with Gasteiger partial charge in [-0.25, -0.2) is 17.6 Å². The van der Waals surface area contributed by atoms with Crippen LogP contribution in [0.4, 0.5) is 14.9 Å². The van der Waals surface area contributed by atoms with E-state index in [2.05, 4.69) is 0 Å². The molecule has 154 valence electrons. The Labute approximate surface area is 168 Å². The fraction of sp³-hybridized carbons (Fsp3) is 0.300. The minimum absolute atomic E-state index is 0.0655. The molecule has 3 rings (SSSR count). The monoisotopic (exact) mass is 419 g/mol. The van der Waals surface area contributed by atoms with Gasteiger partial charge in [-0.3, -0.25) is 9.69 Å². The molecule has 0 atom stereocenters. The fourth-order valence-electron chi connectivity index (χ4n) is 3.10. The van der Waals surface area contributed by atoms with Gasteiger partial charge in [-0.05, 0) is 17.7 Å². The Morgan fingerprint density at radius 3 is 2.24 bits per heavy atom. The highest BCUT2D eigenvalue weighted by Crippen LogP contribution is 2.23. The standard InChI is InChI=1S/C20H22FN3O4S/c21-17-3-1-2-4-18(17)24(20(26)23-9-11-29(27,28)12-10-23)14-15-5-7-16(8-6-15)19(25)13-22/h1-8H,9-14,22H2. The summed E-state index contributed by atoms with van der Waals surface area (Å²) in [5, 5.41) is 0. The Bertz CT molecular complexity index is 995. The first-order valence-corrected chi connectivity index (χ1v) is 11.0. The van der Waals surface area contributed by atoms with Crippen molar-refractivity contribution in [2.24, 2.45) is 5.73 Å². The molecule has 1 aliphatic heterocycles. The zero-order valence-electron chi connectivity index (χ0n) is 15.8. The number of nitrogens with zero attached hydrogens (tertiary/aromatic N) is 2. The van der Waals surface area contributed by atoms with Gasteiger partial charge in [0, 0.05) is 18.7 Å². The summed E-state index contributed by atoms with van der Waals surface area (Å²) in [6.07, 6.45) is 0. The maximum Gasteiger partial charge on any atom is 0.324 e. The number of rotatable bonds is 5. The number of para-hydroxylation sites is 1. The number of ketones is 1. The quantitative estimate of drug-likeness (QED) is 0.745. The molecule has 2 N–H and O–H groups in total. The van der Waals surface area contributed by atoms with Crippen LogP contribution in [0.15, 0.2) is 48.5 Å². The number of carbonyl (C=O) groups is 2. The number of sulfone groups is 1. The summed E-state index contributed by atoms with van der Waals surface area (Å²) in [6, 6.07) is 12.1. The first kappa shape index (κ1) is 20.9. The molecule has 9 heteroatoms. The van der Waals surface area contributed by atoms with Crippen molar-refractivity contribution in [2.45, 2.75) is 6.54 Å². The van der Waals surface area contributed by atoms with Crippen molar-refractivity contribution >= 4 is 27.3 Å². The second kappa shape index (κ2) is 8.71. The van der Waals surface area contributed by atoms with E-state index < -0.39 is 21.7 Å². The van der Waals surface area contributed by atoms with Gasteiger partial charge in [0.15, 0.2) is 15.6 Å². The van der Waals surface area contributed by atoms with Gasteiger partial charge >= 0.3 is 6.03 Å². The maximum atomic E-state index is 14.4. The summed E-state index contributed by atoms with van der Waals surface area (Å²) in [5.41, 5.74) is 6.62. The Kier molecular flexibility index (Phi) is 6.29. The third-order valence-corrected chi connectivity index (χ3v) is 6.40. The zero-order valence-corrected chi connectivity index (χ0v) is 16.6. The van der Waals surface area contributed by atoms with Gasteiger partial charge in [0.25, 0.3) is 0 Å². The Morgan fingerprint density at radius 1 is 1.03 bits per heavy atom. The number of urea groups is 1. The Hall–Kier alpha value is -2.78. The summed E-state index contributed by atoms with van der Waals surface area (Å²) >= 11 is 0. The molecule has 0 radical (unpaired) electrons. The van der Waals surface area contributed by atoms with Gasteiger partial charge in [0.2, 0.25) is 0 Å².